The zero-order valence-electron chi connectivity index (χ0n) is 21.5. The summed E-state index contributed by atoms with van der Waals surface area (Å²) in [7, 11) is 3.68. The molecular formula is C27H31ClN8O. The molecule has 1 spiro atoms. The van der Waals surface area contributed by atoms with Gasteiger partial charge in [0.2, 0.25) is 5.91 Å². The fraction of sp³-hybridized carbons (Fsp3) is 0.519. The fourth-order valence-corrected chi connectivity index (χ4v) is 7.04. The monoisotopic (exact) mass is 518 g/mol. The normalized spacial score (nSPS) is 21.5. The molecule has 192 valence electrons. The molecule has 0 atom stereocenters. The van der Waals surface area contributed by atoms with E-state index in [9.17, 15) is 4.79 Å². The molecule has 7 rings (SSSR count). The third-order valence-electron chi connectivity index (χ3n) is 8.80. The Bertz CT molecular complexity index is 1400. The first-order valence-electron chi connectivity index (χ1n) is 13.0. The van der Waals surface area contributed by atoms with Crippen LogP contribution in [-0.2, 0) is 17.9 Å². The number of fused-ring (bicyclic) bond motifs is 3. The van der Waals surface area contributed by atoms with Crippen molar-refractivity contribution in [2.75, 3.05) is 32.1 Å². The first-order valence-corrected chi connectivity index (χ1v) is 13.4. The molecule has 2 aliphatic carbocycles. The number of rotatable bonds is 4. The van der Waals surface area contributed by atoms with Crippen molar-refractivity contribution in [1.29, 1.82) is 0 Å². The molecule has 0 radical (unpaired) electrons. The highest BCUT2D eigenvalue weighted by Crippen LogP contribution is 2.57. The summed E-state index contributed by atoms with van der Waals surface area (Å²) in [6.07, 6.45) is 7.44. The summed E-state index contributed by atoms with van der Waals surface area (Å²) in [4.78, 5) is 28.4. The summed E-state index contributed by atoms with van der Waals surface area (Å²) in [6, 6.07) is 6.06. The fourth-order valence-electron chi connectivity index (χ4n) is 6.84. The second-order valence-corrected chi connectivity index (χ2v) is 12.0. The molecule has 1 aromatic carbocycles. The average molecular weight is 519 g/mol. The number of carbonyl (C=O) groups excluding carboxylic acids is 1. The van der Waals surface area contributed by atoms with Gasteiger partial charge in [-0.2, -0.15) is 0 Å². The van der Waals surface area contributed by atoms with Crippen LogP contribution in [0.5, 0.6) is 0 Å². The minimum Gasteiger partial charge on any atom is -0.354 e. The van der Waals surface area contributed by atoms with E-state index >= 15 is 0 Å². The van der Waals surface area contributed by atoms with E-state index < -0.39 is 5.54 Å². The number of hydrogen-bond acceptors (Lipinski definition) is 7. The van der Waals surface area contributed by atoms with Gasteiger partial charge in [0.1, 0.15) is 17.2 Å². The zero-order chi connectivity index (χ0) is 25.5. The summed E-state index contributed by atoms with van der Waals surface area (Å²) >= 11 is 6.45. The number of halogens is 1. The van der Waals surface area contributed by atoms with Gasteiger partial charge in [-0.25, -0.2) is 4.98 Å². The third-order valence-corrected chi connectivity index (χ3v) is 9.03. The van der Waals surface area contributed by atoms with E-state index in [0.29, 0.717) is 29.4 Å². The molecular weight excluding hydrogens is 488 g/mol. The molecule has 1 saturated heterocycles. The molecule has 2 aliphatic heterocycles. The lowest BCUT2D eigenvalue weighted by Gasteiger charge is -2.59. The van der Waals surface area contributed by atoms with Crippen molar-refractivity contribution < 1.29 is 4.79 Å². The lowest BCUT2D eigenvalue weighted by molar-refractivity contribution is -0.136. The van der Waals surface area contributed by atoms with Gasteiger partial charge in [0, 0.05) is 62.5 Å². The van der Waals surface area contributed by atoms with E-state index in [-0.39, 0.29) is 5.91 Å². The molecule has 0 unspecified atom stereocenters. The quantitative estimate of drug-likeness (QED) is 0.523. The van der Waals surface area contributed by atoms with Gasteiger partial charge in [-0.15, -0.1) is 10.2 Å². The Labute approximate surface area is 221 Å². The number of amides is 1. The Balaban J connectivity index is 1.17. The molecule has 0 bridgehead atoms. The standard InChI is InChI=1S/C27H31ClN8O/c1-17-23(30-9-8-29-17)34-15-26(16-34)11-19(12-26)24-32-31-22-14-35(27(6-7-27)25(37)33(2)3)13-18-10-20(28)4-5-21(18)36(22)24/h4-5,8-10,19H,6-7,11-16H2,1-3H3. The average Bonchev–Trinajstić information content (AvgIpc) is 3.56. The molecule has 37 heavy (non-hydrogen) atoms. The Morgan fingerprint density at radius 2 is 1.84 bits per heavy atom. The maximum atomic E-state index is 13.2. The largest absolute Gasteiger partial charge is 0.354 e. The van der Waals surface area contributed by atoms with Crippen LogP contribution in [0.4, 0.5) is 5.82 Å². The summed E-state index contributed by atoms with van der Waals surface area (Å²) in [5.41, 5.74) is 3.04. The van der Waals surface area contributed by atoms with Crippen LogP contribution in [-0.4, -0.2) is 73.2 Å². The molecule has 10 heteroatoms. The number of hydrogen-bond donors (Lipinski definition) is 0. The Morgan fingerprint density at radius 3 is 2.54 bits per heavy atom. The topological polar surface area (TPSA) is 83.3 Å². The van der Waals surface area contributed by atoms with Crippen LogP contribution in [0.15, 0.2) is 30.6 Å². The lowest BCUT2D eigenvalue weighted by atomic mass is 9.57. The van der Waals surface area contributed by atoms with Crippen molar-refractivity contribution in [1.82, 2.24) is 34.5 Å². The van der Waals surface area contributed by atoms with Crippen molar-refractivity contribution in [3.05, 3.63) is 58.5 Å². The van der Waals surface area contributed by atoms with Gasteiger partial charge in [0.15, 0.2) is 5.82 Å². The van der Waals surface area contributed by atoms with Gasteiger partial charge in [0.05, 0.1) is 17.9 Å². The number of aromatic nitrogens is 5. The molecule has 2 aromatic heterocycles. The van der Waals surface area contributed by atoms with Crippen LogP contribution in [0.3, 0.4) is 0 Å². The number of likely N-dealkylation sites (N-methyl/N-ethyl adjacent to an activating group) is 1. The molecule has 4 aliphatic rings. The minimum absolute atomic E-state index is 0.165. The van der Waals surface area contributed by atoms with Crippen LogP contribution in [0, 0.1) is 12.3 Å². The van der Waals surface area contributed by atoms with E-state index in [4.69, 9.17) is 16.7 Å². The summed E-state index contributed by atoms with van der Waals surface area (Å²) in [5.74, 6) is 3.46. The van der Waals surface area contributed by atoms with Crippen molar-refractivity contribution in [2.45, 2.75) is 57.2 Å². The number of nitrogens with zero attached hydrogens (tertiary/aromatic N) is 8. The molecule has 3 fully saturated rings. The second-order valence-electron chi connectivity index (χ2n) is 11.6. The van der Waals surface area contributed by atoms with Crippen LogP contribution in [0.1, 0.15) is 54.5 Å². The van der Waals surface area contributed by atoms with E-state index in [1.165, 1.54) is 0 Å². The third kappa shape index (κ3) is 3.50. The lowest BCUT2D eigenvalue weighted by Crippen LogP contribution is -2.62. The predicted molar refractivity (Wildman–Crippen MR) is 140 cm³/mol. The molecule has 9 nitrogen and oxygen atoms in total. The Morgan fingerprint density at radius 1 is 1.08 bits per heavy atom. The summed E-state index contributed by atoms with van der Waals surface area (Å²) in [6.45, 7) is 5.31. The minimum atomic E-state index is -0.460. The van der Waals surface area contributed by atoms with Crippen molar-refractivity contribution in [3.8, 4) is 5.69 Å². The maximum absolute atomic E-state index is 13.2. The van der Waals surface area contributed by atoms with E-state index in [1.54, 1.807) is 17.3 Å². The van der Waals surface area contributed by atoms with Crippen LogP contribution in [0.2, 0.25) is 5.02 Å². The molecule has 2 saturated carbocycles. The van der Waals surface area contributed by atoms with Crippen molar-refractivity contribution in [2.24, 2.45) is 5.41 Å². The van der Waals surface area contributed by atoms with Gasteiger partial charge in [0.25, 0.3) is 0 Å². The van der Waals surface area contributed by atoms with E-state index in [0.717, 1.165) is 73.2 Å². The van der Waals surface area contributed by atoms with Crippen molar-refractivity contribution in [3.63, 3.8) is 0 Å². The second kappa shape index (κ2) is 7.98. The van der Waals surface area contributed by atoms with Gasteiger partial charge in [-0.3, -0.25) is 19.2 Å². The number of benzene rings is 1. The predicted octanol–water partition coefficient (Wildman–Crippen LogP) is 3.34. The Hall–Kier alpha value is -3.04. The highest BCUT2D eigenvalue weighted by molar-refractivity contribution is 6.30. The van der Waals surface area contributed by atoms with Gasteiger partial charge >= 0.3 is 0 Å². The summed E-state index contributed by atoms with van der Waals surface area (Å²) < 4.78 is 2.25. The Kier molecular flexibility index (Phi) is 4.98. The van der Waals surface area contributed by atoms with E-state index in [2.05, 4.69) is 35.5 Å². The van der Waals surface area contributed by atoms with Crippen LogP contribution in [0.25, 0.3) is 5.69 Å². The van der Waals surface area contributed by atoms with Crippen LogP contribution < -0.4 is 4.90 Å². The van der Waals surface area contributed by atoms with Crippen LogP contribution >= 0.6 is 11.6 Å². The molecule has 4 heterocycles. The smallest absolute Gasteiger partial charge is 0.242 e. The van der Waals surface area contributed by atoms with E-state index in [1.807, 2.05) is 33.2 Å². The zero-order valence-corrected chi connectivity index (χ0v) is 22.2. The SMILES string of the molecule is Cc1nccnc1N1CC2(CC(c3nnc4n3-c3ccc(Cl)cc3CN(C3(C(=O)N(C)C)CC3)C4)C2)C1. The maximum Gasteiger partial charge on any atom is 0.242 e. The highest BCUT2D eigenvalue weighted by atomic mass is 35.5. The number of aryl methyl sites for hydroxylation is 1. The highest BCUT2D eigenvalue weighted by Gasteiger charge is 2.57. The first kappa shape index (κ1) is 23.1. The summed E-state index contributed by atoms with van der Waals surface area (Å²) in [5, 5.41) is 10.1. The molecule has 0 N–H and O–H groups in total. The van der Waals surface area contributed by atoms with Gasteiger partial charge < -0.3 is 9.80 Å². The van der Waals surface area contributed by atoms with Crippen molar-refractivity contribution >= 4 is 23.3 Å². The molecule has 1 amide bonds. The number of anilines is 1. The molecule has 3 aromatic rings. The van der Waals surface area contributed by atoms with Gasteiger partial charge in [-0.1, -0.05) is 11.6 Å². The number of carbonyl (C=O) groups is 1. The first-order chi connectivity index (χ1) is 17.8. The van der Waals surface area contributed by atoms with Gasteiger partial charge in [-0.05, 0) is 56.4 Å².